The predicted molar refractivity (Wildman–Crippen MR) is 56.9 cm³/mol. The lowest BCUT2D eigenvalue weighted by Crippen LogP contribution is -2.44. The molecule has 6 nitrogen and oxygen atoms in total. The molecule has 1 heterocycles. The summed E-state index contributed by atoms with van der Waals surface area (Å²) in [5.74, 6) is 2.50. The van der Waals surface area contributed by atoms with Gasteiger partial charge in [-0.25, -0.2) is 5.84 Å². The Hall–Kier alpha value is -2.16. The van der Waals surface area contributed by atoms with E-state index in [9.17, 15) is 22.8 Å². The summed E-state index contributed by atoms with van der Waals surface area (Å²) in [6.45, 7) is -0.256. The molecule has 0 aromatic carbocycles. The van der Waals surface area contributed by atoms with E-state index < -0.39 is 18.0 Å². The van der Waals surface area contributed by atoms with Crippen LogP contribution in [-0.4, -0.2) is 18.0 Å². The van der Waals surface area contributed by atoms with Gasteiger partial charge in [-0.15, -0.1) is 0 Å². The second kappa shape index (κ2) is 6.14. The molecule has 0 unspecified atom stereocenters. The Bertz CT molecular complexity index is 459. The second-order valence-electron chi connectivity index (χ2n) is 3.63. The molecule has 0 aliphatic rings. The third-order valence-corrected chi connectivity index (χ3v) is 2.16. The zero-order valence-corrected chi connectivity index (χ0v) is 9.70. The van der Waals surface area contributed by atoms with Crippen LogP contribution < -0.4 is 21.2 Å². The molecule has 2 amide bonds. The summed E-state index contributed by atoms with van der Waals surface area (Å²) in [6, 6.07) is 2.97. The lowest BCUT2D eigenvalue weighted by molar-refractivity contribution is -0.684. The maximum absolute atomic E-state index is 11.9. The first-order valence-corrected chi connectivity index (χ1v) is 5.15. The Labute approximate surface area is 106 Å². The highest BCUT2D eigenvalue weighted by molar-refractivity contribution is 5.81. The Morgan fingerprint density at radius 1 is 1.26 bits per heavy atom. The summed E-state index contributed by atoms with van der Waals surface area (Å²) < 4.78 is 37.3. The molecule has 9 heteroatoms. The number of pyridine rings is 1. The number of carbonyl (C=O) groups is 2. The fourth-order valence-corrected chi connectivity index (χ4v) is 1.21. The highest BCUT2D eigenvalue weighted by Gasteiger charge is 2.38. The highest BCUT2D eigenvalue weighted by atomic mass is 19.4. The Morgan fingerprint density at radius 3 is 2.32 bits per heavy atom. The van der Waals surface area contributed by atoms with Crippen LogP contribution in [0.25, 0.3) is 0 Å². The zero-order chi connectivity index (χ0) is 14.5. The van der Waals surface area contributed by atoms with Crippen LogP contribution in [-0.2, 0) is 22.7 Å². The summed E-state index contributed by atoms with van der Waals surface area (Å²) >= 11 is 0. The average Bonchev–Trinajstić information content (AvgIpc) is 2.36. The van der Waals surface area contributed by atoms with Crippen LogP contribution in [0.4, 0.5) is 13.2 Å². The van der Waals surface area contributed by atoms with Crippen molar-refractivity contribution in [2.75, 3.05) is 0 Å². The smallest absolute Gasteiger partial charge is 0.344 e. The van der Waals surface area contributed by atoms with Crippen LogP contribution >= 0.6 is 0 Å². The molecule has 1 aromatic rings. The molecule has 0 saturated heterocycles. The highest BCUT2D eigenvalue weighted by Crippen LogP contribution is 2.14. The molecule has 0 bridgehead atoms. The number of hydrogen-bond donors (Lipinski definition) is 3. The van der Waals surface area contributed by atoms with Gasteiger partial charge in [-0.2, -0.15) is 17.7 Å². The van der Waals surface area contributed by atoms with Crippen LogP contribution in [0.5, 0.6) is 0 Å². The molecule has 1 rings (SSSR count). The molecule has 0 radical (unpaired) electrons. The fraction of sp³-hybridized carbons (Fsp3) is 0.300. The van der Waals surface area contributed by atoms with Gasteiger partial charge in [0.05, 0.1) is 0 Å². The minimum absolute atomic E-state index is 0.00824. The van der Waals surface area contributed by atoms with Crippen LogP contribution in [0, 0.1) is 0 Å². The number of hydrogen-bond acceptors (Lipinski definition) is 3. The van der Waals surface area contributed by atoms with Gasteiger partial charge in [0.1, 0.15) is 0 Å². The minimum Gasteiger partial charge on any atom is -0.344 e. The van der Waals surface area contributed by atoms with Crippen molar-refractivity contribution in [1.82, 2.24) is 10.7 Å². The maximum atomic E-state index is 11.9. The van der Waals surface area contributed by atoms with Crippen molar-refractivity contribution in [3.05, 3.63) is 30.1 Å². The monoisotopic (exact) mass is 277 g/mol. The SMILES string of the molecule is NNC(=O)C[n+]1ccc(CNC(=O)C(F)(F)F)cc1. The summed E-state index contributed by atoms with van der Waals surface area (Å²) in [4.78, 5) is 21.5. The van der Waals surface area contributed by atoms with Crippen LogP contribution in [0.1, 0.15) is 5.56 Å². The van der Waals surface area contributed by atoms with Gasteiger partial charge in [0.15, 0.2) is 12.4 Å². The molecular weight excluding hydrogens is 265 g/mol. The van der Waals surface area contributed by atoms with E-state index >= 15 is 0 Å². The van der Waals surface area contributed by atoms with E-state index in [-0.39, 0.29) is 13.1 Å². The normalized spacial score (nSPS) is 10.9. The largest absolute Gasteiger partial charge is 0.471 e. The van der Waals surface area contributed by atoms with Crippen molar-refractivity contribution in [3.63, 3.8) is 0 Å². The summed E-state index contributed by atoms with van der Waals surface area (Å²) in [5, 5.41) is 1.74. The number of amides is 2. The number of hydrazine groups is 1. The molecule has 19 heavy (non-hydrogen) atoms. The van der Waals surface area contributed by atoms with E-state index in [0.29, 0.717) is 5.56 Å². The quantitative estimate of drug-likeness (QED) is 0.290. The molecule has 0 aliphatic heterocycles. The molecule has 4 N–H and O–H groups in total. The topological polar surface area (TPSA) is 88.1 Å². The van der Waals surface area contributed by atoms with Gasteiger partial charge in [0.25, 0.3) is 5.91 Å². The molecule has 0 fully saturated rings. The van der Waals surface area contributed by atoms with Crippen molar-refractivity contribution >= 4 is 11.8 Å². The first-order chi connectivity index (χ1) is 8.82. The van der Waals surface area contributed by atoms with Gasteiger partial charge < -0.3 is 5.32 Å². The van der Waals surface area contributed by atoms with Gasteiger partial charge >= 0.3 is 12.1 Å². The fourth-order valence-electron chi connectivity index (χ4n) is 1.21. The van der Waals surface area contributed by atoms with E-state index in [1.165, 1.54) is 29.1 Å². The predicted octanol–water partition coefficient (Wildman–Crippen LogP) is -0.857. The van der Waals surface area contributed by atoms with Crippen molar-refractivity contribution in [1.29, 1.82) is 0 Å². The zero-order valence-electron chi connectivity index (χ0n) is 9.70. The molecule has 104 valence electrons. The number of rotatable bonds is 4. The standard InChI is InChI=1S/C10H11F3N4O2/c11-10(12,13)9(19)15-5-7-1-3-17(4-2-7)6-8(18)16-14/h1-4H,5-6,14H2,(H-,15,16,18,19)/p+1. The lowest BCUT2D eigenvalue weighted by atomic mass is 10.2. The van der Waals surface area contributed by atoms with E-state index in [2.05, 4.69) is 0 Å². The van der Waals surface area contributed by atoms with E-state index in [0.717, 1.165) is 0 Å². The number of aromatic nitrogens is 1. The maximum Gasteiger partial charge on any atom is 0.471 e. The Balaban J connectivity index is 2.53. The summed E-state index contributed by atoms with van der Waals surface area (Å²) in [6.07, 6.45) is -1.91. The first kappa shape index (κ1) is 14.9. The van der Waals surface area contributed by atoms with Crippen LogP contribution in [0.3, 0.4) is 0 Å². The third kappa shape index (κ3) is 4.92. The lowest BCUT2D eigenvalue weighted by Gasteiger charge is -2.07. The minimum atomic E-state index is -4.89. The van der Waals surface area contributed by atoms with Crippen LogP contribution in [0.15, 0.2) is 24.5 Å². The molecule has 0 saturated carbocycles. The average molecular weight is 277 g/mol. The van der Waals surface area contributed by atoms with Gasteiger partial charge in [-0.3, -0.25) is 15.0 Å². The van der Waals surface area contributed by atoms with E-state index in [1.54, 1.807) is 5.32 Å². The number of nitrogens with one attached hydrogen (secondary N) is 2. The van der Waals surface area contributed by atoms with Gasteiger partial charge in [0, 0.05) is 18.7 Å². The Kier molecular flexibility index (Phi) is 4.81. The summed E-state index contributed by atoms with van der Waals surface area (Å²) in [5.41, 5.74) is 2.42. The number of carbonyl (C=O) groups excluding carboxylic acids is 2. The van der Waals surface area contributed by atoms with Crippen molar-refractivity contribution in [2.45, 2.75) is 19.3 Å². The number of alkyl halides is 3. The molecular formula is C10H12F3N4O2+. The van der Waals surface area contributed by atoms with Gasteiger partial charge in [-0.1, -0.05) is 0 Å². The third-order valence-electron chi connectivity index (χ3n) is 2.16. The number of nitrogens with zero attached hydrogens (tertiary/aromatic N) is 1. The molecule has 1 aromatic heterocycles. The molecule has 0 atom stereocenters. The molecule has 0 aliphatic carbocycles. The molecule has 0 spiro atoms. The van der Waals surface area contributed by atoms with Crippen LogP contribution in [0.2, 0.25) is 0 Å². The number of nitrogens with two attached hydrogens (primary N) is 1. The van der Waals surface area contributed by atoms with Gasteiger partial charge in [-0.05, 0) is 5.56 Å². The van der Waals surface area contributed by atoms with E-state index in [1.807, 2.05) is 5.43 Å². The number of halogens is 3. The first-order valence-electron chi connectivity index (χ1n) is 5.15. The van der Waals surface area contributed by atoms with Gasteiger partial charge in [0.2, 0.25) is 6.54 Å². The summed E-state index contributed by atoms with van der Waals surface area (Å²) in [7, 11) is 0. The van der Waals surface area contributed by atoms with Crippen molar-refractivity contribution in [3.8, 4) is 0 Å². The Morgan fingerprint density at radius 2 is 1.84 bits per heavy atom. The van der Waals surface area contributed by atoms with Crippen molar-refractivity contribution in [2.24, 2.45) is 5.84 Å². The second-order valence-corrected chi connectivity index (χ2v) is 3.63. The van der Waals surface area contributed by atoms with Crippen molar-refractivity contribution < 1.29 is 27.3 Å². The van der Waals surface area contributed by atoms with E-state index in [4.69, 9.17) is 5.84 Å².